The minimum atomic E-state index is -0.0570. The first-order valence-electron chi connectivity index (χ1n) is 3.45. The summed E-state index contributed by atoms with van der Waals surface area (Å²) in [5.41, 5.74) is 0. The molecule has 4 heteroatoms. The molecule has 0 saturated carbocycles. The van der Waals surface area contributed by atoms with E-state index in [0.29, 0.717) is 0 Å². The molecule has 1 amide bonds. The molecule has 1 aliphatic heterocycles. The zero-order chi connectivity index (χ0) is 7.40. The van der Waals surface area contributed by atoms with Gasteiger partial charge in [0, 0.05) is 11.9 Å². The van der Waals surface area contributed by atoms with Crippen molar-refractivity contribution in [3.63, 3.8) is 0 Å². The Labute approximate surface area is 64.4 Å². The van der Waals surface area contributed by atoms with Crippen LogP contribution in [-0.4, -0.2) is 11.2 Å². The molecule has 0 aromatic carbocycles. The van der Waals surface area contributed by atoms with Gasteiger partial charge in [0.15, 0.2) is 0 Å². The number of hydrogen-bond donors (Lipinski definition) is 0. The van der Waals surface area contributed by atoms with Crippen molar-refractivity contribution in [2.75, 3.05) is 0 Å². The summed E-state index contributed by atoms with van der Waals surface area (Å²) >= 11 is 1.30. The lowest BCUT2D eigenvalue weighted by molar-refractivity contribution is -0.117. The Bertz CT molecular complexity index is 158. The van der Waals surface area contributed by atoms with Crippen LogP contribution in [-0.2, 0) is 4.79 Å². The number of rotatable bonds is 3. The number of amides is 1. The van der Waals surface area contributed by atoms with Crippen LogP contribution in [0.25, 0.3) is 0 Å². The number of hydrogen-bond acceptors (Lipinski definition) is 3. The van der Waals surface area contributed by atoms with Crippen molar-refractivity contribution in [2.24, 2.45) is 9.63 Å². The lowest BCUT2D eigenvalue weighted by Gasteiger charge is -1.99. The standard InChI is InChI=1S/C6H10N2OS/c1-2-3-4-5-6(9)7-8-10-5/h5H,2-4H2,1H3. The average molecular weight is 158 g/mol. The van der Waals surface area contributed by atoms with Gasteiger partial charge in [0.25, 0.3) is 5.91 Å². The summed E-state index contributed by atoms with van der Waals surface area (Å²) in [7, 11) is 0. The SMILES string of the molecule is CCCCC1SN=NC1=O. The van der Waals surface area contributed by atoms with Crippen molar-refractivity contribution < 1.29 is 4.79 Å². The van der Waals surface area contributed by atoms with Crippen molar-refractivity contribution in [1.82, 2.24) is 0 Å². The molecule has 10 heavy (non-hydrogen) atoms. The quantitative estimate of drug-likeness (QED) is 0.591. The fourth-order valence-electron chi connectivity index (χ4n) is 0.796. The molecule has 56 valence electrons. The molecular formula is C6H10N2OS. The second kappa shape index (κ2) is 3.71. The van der Waals surface area contributed by atoms with Crippen LogP contribution in [0.1, 0.15) is 26.2 Å². The predicted octanol–water partition coefficient (Wildman–Crippen LogP) is 2.19. The van der Waals surface area contributed by atoms with Gasteiger partial charge in [-0.3, -0.25) is 4.79 Å². The van der Waals surface area contributed by atoms with E-state index in [1.54, 1.807) is 0 Å². The second-order valence-corrected chi connectivity index (χ2v) is 3.20. The lowest BCUT2D eigenvalue weighted by Crippen LogP contribution is -2.09. The lowest BCUT2D eigenvalue weighted by atomic mass is 10.2. The summed E-state index contributed by atoms with van der Waals surface area (Å²) < 4.78 is 3.59. The van der Waals surface area contributed by atoms with Gasteiger partial charge in [-0.1, -0.05) is 19.8 Å². The maximum Gasteiger partial charge on any atom is 0.280 e. The predicted molar refractivity (Wildman–Crippen MR) is 40.8 cm³/mol. The Morgan fingerprint density at radius 1 is 1.70 bits per heavy atom. The van der Waals surface area contributed by atoms with Crippen molar-refractivity contribution in [1.29, 1.82) is 0 Å². The topological polar surface area (TPSA) is 41.8 Å². The van der Waals surface area contributed by atoms with E-state index >= 15 is 0 Å². The van der Waals surface area contributed by atoms with Crippen LogP contribution < -0.4 is 0 Å². The van der Waals surface area contributed by atoms with Gasteiger partial charge in [-0.2, -0.15) is 0 Å². The molecule has 1 aliphatic rings. The molecule has 1 rings (SSSR count). The van der Waals surface area contributed by atoms with Gasteiger partial charge >= 0.3 is 0 Å². The van der Waals surface area contributed by atoms with Crippen molar-refractivity contribution in [3.8, 4) is 0 Å². The fraction of sp³-hybridized carbons (Fsp3) is 0.833. The van der Waals surface area contributed by atoms with Crippen molar-refractivity contribution in [2.45, 2.75) is 31.4 Å². The van der Waals surface area contributed by atoms with E-state index in [0.717, 1.165) is 19.3 Å². The molecule has 0 radical (unpaired) electrons. The largest absolute Gasteiger partial charge is 0.280 e. The van der Waals surface area contributed by atoms with Crippen LogP contribution in [0.3, 0.4) is 0 Å². The zero-order valence-corrected chi connectivity index (χ0v) is 6.73. The molecule has 0 bridgehead atoms. The van der Waals surface area contributed by atoms with E-state index in [-0.39, 0.29) is 11.2 Å². The van der Waals surface area contributed by atoms with Crippen LogP contribution in [0.5, 0.6) is 0 Å². The molecule has 0 aromatic rings. The van der Waals surface area contributed by atoms with E-state index in [2.05, 4.69) is 16.6 Å². The van der Waals surface area contributed by atoms with Gasteiger partial charge in [-0.15, -0.1) is 9.63 Å². The summed E-state index contributed by atoms with van der Waals surface area (Å²) in [6.45, 7) is 2.11. The first-order chi connectivity index (χ1) is 4.84. The Kier molecular flexibility index (Phi) is 2.86. The zero-order valence-electron chi connectivity index (χ0n) is 5.91. The fourth-order valence-corrected chi connectivity index (χ4v) is 1.45. The Balaban J connectivity index is 2.24. The molecule has 0 saturated heterocycles. The monoisotopic (exact) mass is 158 g/mol. The summed E-state index contributed by atoms with van der Waals surface area (Å²) in [6.07, 6.45) is 3.14. The molecule has 0 fully saturated rings. The first kappa shape index (κ1) is 7.72. The number of nitrogens with zero attached hydrogens (tertiary/aromatic N) is 2. The van der Waals surface area contributed by atoms with Gasteiger partial charge < -0.3 is 0 Å². The van der Waals surface area contributed by atoms with Crippen LogP contribution in [0, 0.1) is 0 Å². The molecule has 0 N–H and O–H groups in total. The molecule has 3 nitrogen and oxygen atoms in total. The highest BCUT2D eigenvalue weighted by molar-refractivity contribution is 7.99. The minimum absolute atomic E-state index is 0.0277. The van der Waals surface area contributed by atoms with E-state index in [4.69, 9.17) is 0 Å². The Hall–Kier alpha value is -0.380. The normalized spacial score (nSPS) is 24.1. The maximum absolute atomic E-state index is 10.8. The van der Waals surface area contributed by atoms with Crippen LogP contribution >= 0.6 is 11.9 Å². The maximum atomic E-state index is 10.8. The average Bonchev–Trinajstić information content (AvgIpc) is 2.31. The smallest absolute Gasteiger partial charge is 0.269 e. The van der Waals surface area contributed by atoms with E-state index < -0.39 is 0 Å². The number of unbranched alkanes of at least 4 members (excludes halogenated alkanes) is 1. The Morgan fingerprint density at radius 2 is 2.50 bits per heavy atom. The molecule has 0 aromatic heterocycles. The van der Waals surface area contributed by atoms with Crippen molar-refractivity contribution >= 4 is 17.9 Å². The second-order valence-electron chi connectivity index (χ2n) is 2.26. The van der Waals surface area contributed by atoms with Gasteiger partial charge in [-0.05, 0) is 6.42 Å². The van der Waals surface area contributed by atoms with Gasteiger partial charge in [0.2, 0.25) is 0 Å². The number of carbonyl (C=O) groups excluding carboxylic acids is 1. The van der Waals surface area contributed by atoms with E-state index in [1.165, 1.54) is 11.9 Å². The van der Waals surface area contributed by atoms with Crippen LogP contribution in [0.2, 0.25) is 0 Å². The third kappa shape index (κ3) is 1.80. The summed E-state index contributed by atoms with van der Waals surface area (Å²) in [5, 5.41) is 3.45. The third-order valence-electron chi connectivity index (χ3n) is 1.41. The number of carbonyl (C=O) groups is 1. The molecule has 0 spiro atoms. The molecule has 1 unspecified atom stereocenters. The molecule has 0 aliphatic carbocycles. The first-order valence-corrected chi connectivity index (χ1v) is 4.29. The highest BCUT2D eigenvalue weighted by Crippen LogP contribution is 2.25. The summed E-state index contributed by atoms with van der Waals surface area (Å²) in [4.78, 5) is 10.8. The minimum Gasteiger partial charge on any atom is -0.269 e. The van der Waals surface area contributed by atoms with Gasteiger partial charge in [-0.25, -0.2) is 0 Å². The third-order valence-corrected chi connectivity index (χ3v) is 2.28. The van der Waals surface area contributed by atoms with Crippen LogP contribution in [0.4, 0.5) is 0 Å². The van der Waals surface area contributed by atoms with Gasteiger partial charge in [0.1, 0.15) is 5.25 Å². The molecule has 1 heterocycles. The van der Waals surface area contributed by atoms with Gasteiger partial charge in [0.05, 0.1) is 0 Å². The highest BCUT2D eigenvalue weighted by Gasteiger charge is 2.22. The summed E-state index contributed by atoms with van der Waals surface area (Å²) in [6, 6.07) is 0. The Morgan fingerprint density at radius 3 is 3.00 bits per heavy atom. The van der Waals surface area contributed by atoms with E-state index in [9.17, 15) is 4.79 Å². The molecule has 1 atom stereocenters. The van der Waals surface area contributed by atoms with E-state index in [1.807, 2.05) is 0 Å². The van der Waals surface area contributed by atoms with Crippen molar-refractivity contribution in [3.05, 3.63) is 0 Å². The van der Waals surface area contributed by atoms with Crippen LogP contribution in [0.15, 0.2) is 9.63 Å². The molecular weight excluding hydrogens is 148 g/mol. The summed E-state index contributed by atoms with van der Waals surface area (Å²) in [5.74, 6) is -0.0570. The highest BCUT2D eigenvalue weighted by atomic mass is 32.2.